The minimum Gasteiger partial charge on any atom is -0.480 e. The molecule has 0 heterocycles. The van der Waals surface area contributed by atoms with E-state index in [1.54, 1.807) is 0 Å². The Morgan fingerprint density at radius 1 is 1.00 bits per heavy atom. The number of aliphatic carboxylic acids is 3. The largest absolute Gasteiger partial charge is 0.480 e. The van der Waals surface area contributed by atoms with E-state index in [0.29, 0.717) is 13.0 Å². The molecule has 0 unspecified atom stereocenters. The standard InChI is InChI=1S/C6H14N2O2.C4H7NO4/c7-4-2-1-3-5(8)6(9)10;6-3(7)1-5-2-4(8)9/h5H,1-4,7-8H2,(H,9,10);5H,1-2H2,(H,6,7)(H,8,9)/t5-;/m0./s1. The Kier molecular flexibility index (Phi) is 13.2. The number of rotatable bonds is 9. The lowest BCUT2D eigenvalue weighted by Crippen LogP contribution is -2.29. The van der Waals surface area contributed by atoms with Crippen molar-refractivity contribution in [1.29, 1.82) is 0 Å². The van der Waals surface area contributed by atoms with Crippen LogP contribution in [0.15, 0.2) is 0 Å². The van der Waals surface area contributed by atoms with Crippen molar-refractivity contribution < 1.29 is 29.7 Å². The van der Waals surface area contributed by atoms with Crippen LogP contribution in [0.1, 0.15) is 19.3 Å². The minimum absolute atomic E-state index is 0.313. The molecule has 0 aliphatic heterocycles. The first-order valence-corrected chi connectivity index (χ1v) is 5.64. The van der Waals surface area contributed by atoms with Gasteiger partial charge in [-0.2, -0.15) is 0 Å². The van der Waals surface area contributed by atoms with Gasteiger partial charge in [0, 0.05) is 0 Å². The molecule has 0 spiro atoms. The van der Waals surface area contributed by atoms with E-state index in [9.17, 15) is 14.4 Å². The SMILES string of the molecule is NCCCC[C@H](N)C(=O)O.O=C(O)CNCC(=O)O. The van der Waals surface area contributed by atoms with Gasteiger partial charge >= 0.3 is 17.9 Å². The molecule has 9 heteroatoms. The van der Waals surface area contributed by atoms with Gasteiger partial charge in [-0.15, -0.1) is 0 Å². The average molecular weight is 279 g/mol. The maximum atomic E-state index is 10.1. The van der Waals surface area contributed by atoms with Crippen LogP contribution in [0.2, 0.25) is 0 Å². The van der Waals surface area contributed by atoms with Crippen molar-refractivity contribution in [1.82, 2.24) is 5.32 Å². The summed E-state index contributed by atoms with van der Waals surface area (Å²) >= 11 is 0. The Morgan fingerprint density at radius 3 is 1.79 bits per heavy atom. The van der Waals surface area contributed by atoms with Crippen molar-refractivity contribution in [2.24, 2.45) is 11.5 Å². The molecule has 8 N–H and O–H groups in total. The summed E-state index contributed by atoms with van der Waals surface area (Å²) in [5, 5.41) is 26.5. The number of unbranched alkanes of at least 4 members (excludes halogenated alkanes) is 1. The molecule has 0 fully saturated rings. The van der Waals surface area contributed by atoms with Gasteiger partial charge in [-0.25, -0.2) is 0 Å². The highest BCUT2D eigenvalue weighted by molar-refractivity contribution is 5.73. The molecular formula is C10H21N3O6. The summed E-state index contributed by atoms with van der Waals surface area (Å²) in [4.78, 5) is 29.6. The highest BCUT2D eigenvalue weighted by Crippen LogP contribution is 1.96. The number of nitrogens with two attached hydrogens (primary N) is 2. The van der Waals surface area contributed by atoms with Crippen LogP contribution in [0, 0.1) is 0 Å². The minimum atomic E-state index is -1.06. The summed E-state index contributed by atoms with van der Waals surface area (Å²) in [6.45, 7) is -0.0229. The van der Waals surface area contributed by atoms with E-state index in [1.165, 1.54) is 0 Å². The van der Waals surface area contributed by atoms with Crippen LogP contribution in [0.4, 0.5) is 0 Å². The topological polar surface area (TPSA) is 176 Å². The Bertz CT molecular complexity index is 270. The van der Waals surface area contributed by atoms with Gasteiger partial charge in [-0.05, 0) is 19.4 Å². The summed E-state index contributed by atoms with van der Waals surface area (Å²) < 4.78 is 0. The Hall–Kier alpha value is -1.71. The van der Waals surface area contributed by atoms with Crippen molar-refractivity contribution in [3.05, 3.63) is 0 Å². The van der Waals surface area contributed by atoms with Crippen molar-refractivity contribution in [2.45, 2.75) is 25.3 Å². The molecule has 1 atom stereocenters. The van der Waals surface area contributed by atoms with Crippen molar-refractivity contribution in [3.8, 4) is 0 Å². The number of hydrogen-bond donors (Lipinski definition) is 6. The number of carboxylic acids is 3. The molecule has 0 aromatic carbocycles. The lowest BCUT2D eigenvalue weighted by molar-refractivity contribution is -0.139. The van der Waals surface area contributed by atoms with Crippen LogP contribution in [-0.4, -0.2) is 58.9 Å². The summed E-state index contributed by atoms with van der Waals surface area (Å²) in [7, 11) is 0. The fourth-order valence-electron chi connectivity index (χ4n) is 0.908. The molecule has 0 radical (unpaired) electrons. The van der Waals surface area contributed by atoms with Gasteiger partial charge in [0.15, 0.2) is 0 Å². The molecule has 19 heavy (non-hydrogen) atoms. The molecule has 0 saturated carbocycles. The summed E-state index contributed by atoms with van der Waals surface area (Å²) in [5.41, 5.74) is 10.4. The molecule has 0 bridgehead atoms. The van der Waals surface area contributed by atoms with Crippen LogP contribution in [0.3, 0.4) is 0 Å². The third kappa shape index (κ3) is 18.8. The molecule has 0 rings (SSSR count). The molecule has 0 aliphatic rings. The van der Waals surface area contributed by atoms with Gasteiger partial charge in [-0.3, -0.25) is 19.7 Å². The first-order chi connectivity index (χ1) is 8.81. The van der Waals surface area contributed by atoms with Gasteiger partial charge in [-0.1, -0.05) is 6.42 Å². The average Bonchev–Trinajstić information content (AvgIpc) is 2.28. The smallest absolute Gasteiger partial charge is 0.320 e. The number of carbonyl (C=O) groups is 3. The molecule has 0 aromatic rings. The van der Waals surface area contributed by atoms with E-state index in [2.05, 4.69) is 5.32 Å². The quantitative estimate of drug-likeness (QED) is 0.268. The molecule has 0 saturated heterocycles. The van der Waals surface area contributed by atoms with E-state index >= 15 is 0 Å². The summed E-state index contributed by atoms with van der Waals surface area (Å²) in [6.07, 6.45) is 2.16. The second-order valence-electron chi connectivity index (χ2n) is 3.62. The van der Waals surface area contributed by atoms with Gasteiger partial charge in [0.05, 0.1) is 13.1 Å². The Morgan fingerprint density at radius 2 is 1.47 bits per heavy atom. The van der Waals surface area contributed by atoms with E-state index < -0.39 is 23.9 Å². The highest BCUT2D eigenvalue weighted by atomic mass is 16.4. The van der Waals surface area contributed by atoms with E-state index in [0.717, 1.165) is 12.8 Å². The highest BCUT2D eigenvalue weighted by Gasteiger charge is 2.09. The third-order valence-electron chi connectivity index (χ3n) is 1.84. The first-order valence-electron chi connectivity index (χ1n) is 5.64. The molecule has 0 aliphatic carbocycles. The van der Waals surface area contributed by atoms with Gasteiger partial charge in [0.1, 0.15) is 6.04 Å². The summed E-state index contributed by atoms with van der Waals surface area (Å²) in [6, 6.07) is -0.716. The van der Waals surface area contributed by atoms with Crippen molar-refractivity contribution >= 4 is 17.9 Å². The maximum Gasteiger partial charge on any atom is 0.320 e. The predicted molar refractivity (Wildman–Crippen MR) is 66.7 cm³/mol. The van der Waals surface area contributed by atoms with Crippen LogP contribution >= 0.6 is 0 Å². The van der Waals surface area contributed by atoms with Crippen LogP contribution in [-0.2, 0) is 14.4 Å². The zero-order chi connectivity index (χ0) is 15.3. The Labute approximate surface area is 110 Å². The first kappa shape index (κ1) is 19.6. The predicted octanol–water partition coefficient (Wildman–Crippen LogP) is -1.73. The number of hydrogen-bond acceptors (Lipinski definition) is 6. The molecule has 0 aromatic heterocycles. The van der Waals surface area contributed by atoms with Crippen LogP contribution < -0.4 is 16.8 Å². The van der Waals surface area contributed by atoms with Crippen molar-refractivity contribution in [2.75, 3.05) is 19.6 Å². The molecular weight excluding hydrogens is 258 g/mol. The second kappa shape index (κ2) is 12.7. The van der Waals surface area contributed by atoms with E-state index in [-0.39, 0.29) is 13.1 Å². The Balaban J connectivity index is 0. The molecule has 112 valence electrons. The lowest BCUT2D eigenvalue weighted by atomic mass is 10.1. The monoisotopic (exact) mass is 279 g/mol. The van der Waals surface area contributed by atoms with Gasteiger partial charge in [0.2, 0.25) is 0 Å². The summed E-state index contributed by atoms with van der Waals surface area (Å²) in [5.74, 6) is -3.05. The number of carboxylic acid groups (broad SMARTS) is 3. The zero-order valence-electron chi connectivity index (χ0n) is 10.5. The van der Waals surface area contributed by atoms with Crippen LogP contribution in [0.25, 0.3) is 0 Å². The second-order valence-corrected chi connectivity index (χ2v) is 3.62. The fourth-order valence-corrected chi connectivity index (χ4v) is 0.908. The van der Waals surface area contributed by atoms with Crippen molar-refractivity contribution in [3.63, 3.8) is 0 Å². The van der Waals surface area contributed by atoms with E-state index in [1.807, 2.05) is 0 Å². The van der Waals surface area contributed by atoms with E-state index in [4.69, 9.17) is 26.8 Å². The third-order valence-corrected chi connectivity index (χ3v) is 1.84. The number of nitrogens with one attached hydrogen (secondary N) is 1. The molecule has 0 amide bonds. The maximum absolute atomic E-state index is 10.1. The van der Waals surface area contributed by atoms with Gasteiger partial charge < -0.3 is 26.8 Å². The van der Waals surface area contributed by atoms with Gasteiger partial charge in [0.25, 0.3) is 0 Å². The fraction of sp³-hybridized carbons (Fsp3) is 0.700. The van der Waals surface area contributed by atoms with Crippen LogP contribution in [0.5, 0.6) is 0 Å². The normalized spacial score (nSPS) is 11.1. The lowest BCUT2D eigenvalue weighted by Gasteiger charge is -2.03. The molecule has 9 nitrogen and oxygen atoms in total. The zero-order valence-corrected chi connectivity index (χ0v) is 10.5.